The molecule has 21 heavy (non-hydrogen) atoms. The zero-order valence-electron chi connectivity index (χ0n) is 12.0. The molecule has 1 amide bonds. The molecule has 0 saturated heterocycles. The molecular formula is C14H20N4OS2. The Morgan fingerprint density at radius 2 is 2.29 bits per heavy atom. The van der Waals surface area contributed by atoms with E-state index in [-0.39, 0.29) is 12.3 Å². The summed E-state index contributed by atoms with van der Waals surface area (Å²) in [6, 6.07) is 0.474. The van der Waals surface area contributed by atoms with Gasteiger partial charge < -0.3 is 5.32 Å². The third-order valence-electron chi connectivity index (χ3n) is 4.38. The molecule has 114 valence electrons. The first-order chi connectivity index (χ1) is 10.1. The van der Waals surface area contributed by atoms with E-state index in [9.17, 15) is 4.79 Å². The van der Waals surface area contributed by atoms with Crippen LogP contribution in [0.2, 0.25) is 0 Å². The summed E-state index contributed by atoms with van der Waals surface area (Å²) in [5.41, 5.74) is 6.22. The number of aromatic nitrogens is 1. The number of hydrazine groups is 1. The van der Waals surface area contributed by atoms with E-state index in [1.807, 2.05) is 12.3 Å². The van der Waals surface area contributed by atoms with Gasteiger partial charge in [0.15, 0.2) is 5.11 Å². The molecule has 0 unspecified atom stereocenters. The molecule has 1 heterocycles. The van der Waals surface area contributed by atoms with Crippen LogP contribution in [-0.2, 0) is 11.2 Å². The lowest BCUT2D eigenvalue weighted by atomic mass is 9.96. The highest BCUT2D eigenvalue weighted by atomic mass is 32.1. The van der Waals surface area contributed by atoms with E-state index in [2.05, 4.69) is 21.2 Å². The fraction of sp³-hybridized carbons (Fsp3) is 0.643. The highest BCUT2D eigenvalue weighted by Crippen LogP contribution is 2.44. The Morgan fingerprint density at radius 1 is 1.43 bits per heavy atom. The summed E-state index contributed by atoms with van der Waals surface area (Å²) in [6.07, 6.45) is 5.48. The number of fused-ring (bicyclic) bond motifs is 2. The SMILES string of the molecule is Cc1nc(CC(=O)NNC(=S)N[C@@H]2C[C@H]3CC[C@@H]2C3)cs1. The first kappa shape index (κ1) is 14.7. The molecule has 0 spiro atoms. The van der Waals surface area contributed by atoms with Gasteiger partial charge in [0.25, 0.3) is 0 Å². The first-order valence-electron chi connectivity index (χ1n) is 7.36. The molecule has 5 nitrogen and oxygen atoms in total. The van der Waals surface area contributed by atoms with Crippen LogP contribution in [0.1, 0.15) is 36.4 Å². The van der Waals surface area contributed by atoms with Crippen LogP contribution in [0.25, 0.3) is 0 Å². The standard InChI is InChI=1S/C14H20N4OS2/c1-8-15-11(7-21-8)6-13(19)17-18-14(20)16-12-5-9-2-3-10(12)4-9/h7,9-10,12H,2-6H2,1H3,(H,17,19)(H2,16,18,20)/t9-,10+,12+/m0/s1. The van der Waals surface area contributed by atoms with Crippen molar-refractivity contribution in [2.75, 3.05) is 0 Å². The molecule has 0 aliphatic heterocycles. The molecule has 2 aliphatic rings. The summed E-state index contributed by atoms with van der Waals surface area (Å²) in [5.74, 6) is 1.50. The van der Waals surface area contributed by atoms with Crippen molar-refractivity contribution in [3.63, 3.8) is 0 Å². The number of carbonyl (C=O) groups is 1. The molecule has 1 aromatic rings. The number of carbonyl (C=O) groups excluding carboxylic acids is 1. The highest BCUT2D eigenvalue weighted by molar-refractivity contribution is 7.80. The van der Waals surface area contributed by atoms with Gasteiger partial charge in [-0.1, -0.05) is 6.42 Å². The van der Waals surface area contributed by atoms with Crippen molar-refractivity contribution in [1.82, 2.24) is 21.2 Å². The number of hydrogen-bond donors (Lipinski definition) is 3. The van der Waals surface area contributed by atoms with Crippen LogP contribution in [0.5, 0.6) is 0 Å². The largest absolute Gasteiger partial charge is 0.358 e. The van der Waals surface area contributed by atoms with Gasteiger partial charge >= 0.3 is 0 Å². The van der Waals surface area contributed by atoms with Gasteiger partial charge in [-0.3, -0.25) is 15.6 Å². The van der Waals surface area contributed by atoms with Gasteiger partial charge in [0.2, 0.25) is 5.91 Å². The maximum absolute atomic E-state index is 11.8. The van der Waals surface area contributed by atoms with Gasteiger partial charge in [0.1, 0.15) is 0 Å². The Morgan fingerprint density at radius 3 is 2.90 bits per heavy atom. The van der Waals surface area contributed by atoms with E-state index in [0.29, 0.717) is 11.2 Å². The number of rotatable bonds is 3. The first-order valence-corrected chi connectivity index (χ1v) is 8.65. The monoisotopic (exact) mass is 324 g/mol. The lowest BCUT2D eigenvalue weighted by Gasteiger charge is -2.24. The Bertz CT molecular complexity index is 545. The third kappa shape index (κ3) is 3.71. The predicted octanol–water partition coefficient (Wildman–Crippen LogP) is 1.68. The highest BCUT2D eigenvalue weighted by Gasteiger charge is 2.39. The molecule has 3 N–H and O–H groups in total. The van der Waals surface area contributed by atoms with E-state index in [1.165, 1.54) is 25.7 Å². The zero-order valence-corrected chi connectivity index (χ0v) is 13.6. The molecular weight excluding hydrogens is 304 g/mol. The van der Waals surface area contributed by atoms with E-state index in [1.54, 1.807) is 11.3 Å². The molecule has 0 radical (unpaired) electrons. The number of thiocarbonyl (C=S) groups is 1. The minimum Gasteiger partial charge on any atom is -0.358 e. The maximum atomic E-state index is 11.8. The van der Waals surface area contributed by atoms with E-state index in [4.69, 9.17) is 12.2 Å². The molecule has 1 aromatic heterocycles. The zero-order chi connectivity index (χ0) is 14.8. The van der Waals surface area contributed by atoms with Crippen molar-refractivity contribution in [3.8, 4) is 0 Å². The lowest BCUT2D eigenvalue weighted by molar-refractivity contribution is -0.121. The van der Waals surface area contributed by atoms with Crippen LogP contribution in [-0.4, -0.2) is 22.0 Å². The average molecular weight is 324 g/mol. The van der Waals surface area contributed by atoms with Crippen LogP contribution in [0.4, 0.5) is 0 Å². The van der Waals surface area contributed by atoms with Crippen LogP contribution in [0.15, 0.2) is 5.38 Å². The molecule has 2 aliphatic carbocycles. The van der Waals surface area contributed by atoms with E-state index < -0.39 is 0 Å². The average Bonchev–Trinajstić information content (AvgIpc) is 3.14. The summed E-state index contributed by atoms with van der Waals surface area (Å²) >= 11 is 6.79. The van der Waals surface area contributed by atoms with Gasteiger partial charge in [-0.25, -0.2) is 4.98 Å². The number of thiazole rings is 1. The number of nitrogens with zero attached hydrogens (tertiary/aromatic N) is 1. The molecule has 2 saturated carbocycles. The Kier molecular flexibility index (Phi) is 4.40. The van der Waals surface area contributed by atoms with Gasteiger partial charge in [-0.2, -0.15) is 0 Å². The minimum absolute atomic E-state index is 0.127. The fourth-order valence-corrected chi connectivity index (χ4v) is 4.27. The number of aryl methyl sites for hydroxylation is 1. The minimum atomic E-state index is -0.127. The van der Waals surface area contributed by atoms with E-state index >= 15 is 0 Å². The molecule has 0 aromatic carbocycles. The van der Waals surface area contributed by atoms with Crippen LogP contribution in [0.3, 0.4) is 0 Å². The van der Waals surface area contributed by atoms with Crippen LogP contribution < -0.4 is 16.2 Å². The summed E-state index contributed by atoms with van der Waals surface area (Å²) in [4.78, 5) is 16.1. The third-order valence-corrected chi connectivity index (χ3v) is 5.42. The van der Waals surface area contributed by atoms with Crippen molar-refractivity contribution in [2.45, 2.75) is 45.1 Å². The molecule has 2 bridgehead atoms. The maximum Gasteiger partial charge on any atom is 0.244 e. The number of amides is 1. The number of hydrogen-bond acceptors (Lipinski definition) is 4. The molecule has 3 rings (SSSR count). The second-order valence-corrected chi connectivity index (χ2v) is 7.43. The lowest BCUT2D eigenvalue weighted by Crippen LogP contribution is -2.51. The van der Waals surface area contributed by atoms with Gasteiger partial charge in [-0.05, 0) is 50.2 Å². The normalized spacial score (nSPS) is 26.6. The van der Waals surface area contributed by atoms with Gasteiger partial charge in [0.05, 0.1) is 17.1 Å². The second-order valence-electron chi connectivity index (χ2n) is 5.96. The van der Waals surface area contributed by atoms with Crippen molar-refractivity contribution in [3.05, 3.63) is 16.1 Å². The van der Waals surface area contributed by atoms with Crippen molar-refractivity contribution in [2.24, 2.45) is 11.8 Å². The summed E-state index contributed by atoms with van der Waals surface area (Å²) in [7, 11) is 0. The topological polar surface area (TPSA) is 66.0 Å². The van der Waals surface area contributed by atoms with Gasteiger partial charge in [-0.15, -0.1) is 11.3 Å². The van der Waals surface area contributed by atoms with Gasteiger partial charge in [0, 0.05) is 11.4 Å². The summed E-state index contributed by atoms with van der Waals surface area (Å²) < 4.78 is 0. The summed E-state index contributed by atoms with van der Waals surface area (Å²) in [6.45, 7) is 1.93. The molecule has 2 fully saturated rings. The Labute approximate surface area is 133 Å². The van der Waals surface area contributed by atoms with Crippen molar-refractivity contribution >= 4 is 34.6 Å². The molecule has 3 atom stereocenters. The summed E-state index contributed by atoms with van der Waals surface area (Å²) in [5, 5.41) is 6.71. The number of nitrogens with one attached hydrogen (secondary N) is 3. The van der Waals surface area contributed by atoms with Crippen molar-refractivity contribution < 1.29 is 4.79 Å². The van der Waals surface area contributed by atoms with Crippen molar-refractivity contribution in [1.29, 1.82) is 0 Å². The Hall–Kier alpha value is -1.21. The second kappa shape index (κ2) is 6.27. The Balaban J connectivity index is 1.38. The van der Waals surface area contributed by atoms with E-state index in [0.717, 1.165) is 22.5 Å². The predicted molar refractivity (Wildman–Crippen MR) is 86.8 cm³/mol. The quantitative estimate of drug-likeness (QED) is 0.583. The smallest absolute Gasteiger partial charge is 0.244 e. The van der Waals surface area contributed by atoms with Crippen LogP contribution >= 0.6 is 23.6 Å². The van der Waals surface area contributed by atoms with Crippen LogP contribution in [0, 0.1) is 18.8 Å². The molecule has 7 heteroatoms. The fourth-order valence-electron chi connectivity index (χ4n) is 3.45.